The smallest absolute Gasteiger partial charge is 0.317 e. The first-order chi connectivity index (χ1) is 15.0. The maximum Gasteiger partial charge on any atom is 0.317 e. The SMILES string of the molecule is CCNC(=O)N1CC[C@@]2(CCn3nc(-c4cnc(N)c(-c5cccc(F)c5)c4)cc32)C1. The first-order valence-corrected chi connectivity index (χ1v) is 10.6. The van der Waals surface area contributed by atoms with Crippen molar-refractivity contribution in [2.45, 2.75) is 31.7 Å². The first kappa shape index (κ1) is 19.5. The van der Waals surface area contributed by atoms with Gasteiger partial charge in [-0.2, -0.15) is 5.10 Å². The van der Waals surface area contributed by atoms with E-state index in [9.17, 15) is 9.18 Å². The number of amides is 2. The number of anilines is 1. The van der Waals surface area contributed by atoms with Crippen LogP contribution in [0, 0.1) is 5.82 Å². The normalized spacial score (nSPS) is 19.7. The van der Waals surface area contributed by atoms with Gasteiger partial charge >= 0.3 is 6.03 Å². The van der Waals surface area contributed by atoms with Crippen LogP contribution >= 0.6 is 0 Å². The highest BCUT2D eigenvalue weighted by Crippen LogP contribution is 2.44. The monoisotopic (exact) mass is 420 g/mol. The fraction of sp³-hybridized carbons (Fsp3) is 0.348. The molecule has 2 aromatic heterocycles. The number of nitrogens with zero attached hydrogens (tertiary/aromatic N) is 4. The highest BCUT2D eigenvalue weighted by Gasteiger charge is 2.46. The molecule has 1 atom stereocenters. The average Bonchev–Trinajstić information content (AvgIpc) is 3.46. The molecule has 3 aromatic rings. The van der Waals surface area contributed by atoms with E-state index in [1.54, 1.807) is 12.3 Å². The van der Waals surface area contributed by atoms with Gasteiger partial charge in [0.15, 0.2) is 0 Å². The fourth-order valence-corrected chi connectivity index (χ4v) is 4.83. The van der Waals surface area contributed by atoms with E-state index in [0.717, 1.165) is 37.2 Å². The van der Waals surface area contributed by atoms with Crippen molar-refractivity contribution < 1.29 is 9.18 Å². The Balaban J connectivity index is 1.47. The van der Waals surface area contributed by atoms with Crippen LogP contribution in [0.15, 0.2) is 42.6 Å². The number of urea groups is 1. The third kappa shape index (κ3) is 3.32. The lowest BCUT2D eigenvalue weighted by atomic mass is 9.82. The Labute approximate surface area is 180 Å². The van der Waals surface area contributed by atoms with E-state index in [4.69, 9.17) is 10.8 Å². The lowest BCUT2D eigenvalue weighted by molar-refractivity contribution is 0.206. The molecule has 0 bridgehead atoms. The van der Waals surface area contributed by atoms with Gasteiger partial charge in [-0.3, -0.25) is 4.68 Å². The van der Waals surface area contributed by atoms with E-state index in [1.165, 1.54) is 17.8 Å². The number of hydrogen-bond acceptors (Lipinski definition) is 4. The van der Waals surface area contributed by atoms with Gasteiger partial charge in [0, 0.05) is 54.6 Å². The molecule has 1 spiro atoms. The summed E-state index contributed by atoms with van der Waals surface area (Å²) in [5.74, 6) is 0.0362. The third-order valence-electron chi connectivity index (χ3n) is 6.44. The molecule has 160 valence electrons. The van der Waals surface area contributed by atoms with Crippen LogP contribution < -0.4 is 11.1 Å². The number of carbonyl (C=O) groups is 1. The van der Waals surface area contributed by atoms with Crippen molar-refractivity contribution in [1.82, 2.24) is 25.0 Å². The number of benzene rings is 1. The van der Waals surface area contributed by atoms with Crippen molar-refractivity contribution in [3.63, 3.8) is 0 Å². The number of hydrogen-bond donors (Lipinski definition) is 2. The number of nitrogens with one attached hydrogen (secondary N) is 1. The Morgan fingerprint density at radius 3 is 2.87 bits per heavy atom. The van der Waals surface area contributed by atoms with Gasteiger partial charge in [-0.1, -0.05) is 12.1 Å². The first-order valence-electron chi connectivity index (χ1n) is 10.6. The number of likely N-dealkylation sites (tertiary alicyclic amines) is 1. The zero-order chi connectivity index (χ0) is 21.6. The van der Waals surface area contributed by atoms with Crippen LogP contribution in [-0.2, 0) is 12.0 Å². The Kier molecular flexibility index (Phi) is 4.64. The standard InChI is InChI=1S/C23H25FN6O/c1-2-26-22(31)29-8-6-23(14-29)7-9-30-20(23)12-19(28-30)16-11-18(21(25)27-13-16)15-4-3-5-17(24)10-15/h3-5,10-13H,2,6-9,14H2,1H3,(H2,25,27)(H,26,31)/t23-/m1/s1. The van der Waals surface area contributed by atoms with Crippen LogP contribution in [0.3, 0.4) is 0 Å². The van der Waals surface area contributed by atoms with Crippen molar-refractivity contribution >= 4 is 11.8 Å². The number of fused-ring (bicyclic) bond motifs is 2. The summed E-state index contributed by atoms with van der Waals surface area (Å²) in [6, 6.07) is 10.4. The number of nitrogen functional groups attached to an aromatic ring is 1. The van der Waals surface area contributed by atoms with Crippen LogP contribution in [0.5, 0.6) is 0 Å². The number of carbonyl (C=O) groups excluding carboxylic acids is 1. The fourth-order valence-electron chi connectivity index (χ4n) is 4.83. The second-order valence-electron chi connectivity index (χ2n) is 8.34. The average molecular weight is 420 g/mol. The molecule has 0 radical (unpaired) electrons. The molecule has 1 saturated heterocycles. The molecule has 0 unspecified atom stereocenters. The van der Waals surface area contributed by atoms with Crippen LogP contribution in [0.2, 0.25) is 0 Å². The molecule has 3 N–H and O–H groups in total. The van der Waals surface area contributed by atoms with Crippen LogP contribution in [0.25, 0.3) is 22.4 Å². The highest BCUT2D eigenvalue weighted by molar-refractivity contribution is 5.78. The summed E-state index contributed by atoms with van der Waals surface area (Å²) in [5, 5.41) is 7.71. The van der Waals surface area contributed by atoms with E-state index < -0.39 is 0 Å². The van der Waals surface area contributed by atoms with Gasteiger partial charge in [0.2, 0.25) is 0 Å². The van der Waals surface area contributed by atoms with E-state index in [-0.39, 0.29) is 17.3 Å². The molecule has 1 aromatic carbocycles. The Bertz CT molecular complexity index is 1160. The summed E-state index contributed by atoms with van der Waals surface area (Å²) in [6.07, 6.45) is 3.63. The molecule has 5 rings (SSSR count). The van der Waals surface area contributed by atoms with Crippen molar-refractivity contribution in [2.75, 3.05) is 25.4 Å². The predicted molar refractivity (Wildman–Crippen MR) is 117 cm³/mol. The van der Waals surface area contributed by atoms with E-state index in [2.05, 4.69) is 21.0 Å². The molecule has 0 aliphatic carbocycles. The van der Waals surface area contributed by atoms with Crippen molar-refractivity contribution in [3.05, 3.63) is 54.1 Å². The van der Waals surface area contributed by atoms with E-state index >= 15 is 0 Å². The topological polar surface area (TPSA) is 89.1 Å². The van der Waals surface area contributed by atoms with Gasteiger partial charge in [-0.25, -0.2) is 14.2 Å². The maximum absolute atomic E-state index is 13.7. The molecular formula is C23H25FN6O. The number of aromatic nitrogens is 3. The maximum atomic E-state index is 13.7. The van der Waals surface area contributed by atoms with Gasteiger partial charge < -0.3 is 16.0 Å². The molecule has 0 saturated carbocycles. The summed E-state index contributed by atoms with van der Waals surface area (Å²) in [4.78, 5) is 18.5. The summed E-state index contributed by atoms with van der Waals surface area (Å²) >= 11 is 0. The van der Waals surface area contributed by atoms with Gasteiger partial charge in [0.25, 0.3) is 0 Å². The minimum absolute atomic E-state index is 0.0000310. The molecule has 2 amide bonds. The van der Waals surface area contributed by atoms with Crippen molar-refractivity contribution in [2.24, 2.45) is 0 Å². The number of halogens is 1. The minimum Gasteiger partial charge on any atom is -0.383 e. The largest absolute Gasteiger partial charge is 0.383 e. The Hall–Kier alpha value is -3.42. The number of rotatable bonds is 3. The van der Waals surface area contributed by atoms with E-state index in [0.29, 0.717) is 30.0 Å². The molecule has 4 heterocycles. The van der Waals surface area contributed by atoms with Gasteiger partial charge in [0.1, 0.15) is 11.6 Å². The second kappa shape index (κ2) is 7.37. The number of pyridine rings is 1. The minimum atomic E-state index is -0.317. The van der Waals surface area contributed by atoms with Crippen LogP contribution in [0.1, 0.15) is 25.5 Å². The second-order valence-corrected chi connectivity index (χ2v) is 8.34. The molecule has 31 heavy (non-hydrogen) atoms. The molecule has 2 aliphatic heterocycles. The zero-order valence-electron chi connectivity index (χ0n) is 17.4. The highest BCUT2D eigenvalue weighted by atomic mass is 19.1. The molecule has 1 fully saturated rings. The summed E-state index contributed by atoms with van der Waals surface area (Å²) < 4.78 is 15.8. The lowest BCUT2D eigenvalue weighted by Gasteiger charge is -2.23. The summed E-state index contributed by atoms with van der Waals surface area (Å²) in [6.45, 7) is 4.84. The Morgan fingerprint density at radius 2 is 2.06 bits per heavy atom. The van der Waals surface area contributed by atoms with Gasteiger partial charge in [-0.15, -0.1) is 0 Å². The predicted octanol–water partition coefficient (Wildman–Crippen LogP) is 3.41. The number of aryl methyl sites for hydroxylation is 1. The molecule has 7 nitrogen and oxygen atoms in total. The zero-order valence-corrected chi connectivity index (χ0v) is 17.4. The quantitative estimate of drug-likeness (QED) is 0.680. The summed E-state index contributed by atoms with van der Waals surface area (Å²) in [7, 11) is 0. The van der Waals surface area contributed by atoms with Crippen molar-refractivity contribution in [3.8, 4) is 22.4 Å². The molecule has 8 heteroatoms. The lowest BCUT2D eigenvalue weighted by Crippen LogP contribution is -2.40. The van der Waals surface area contributed by atoms with Crippen LogP contribution in [0.4, 0.5) is 15.0 Å². The Morgan fingerprint density at radius 1 is 1.23 bits per heavy atom. The molecule has 2 aliphatic rings. The van der Waals surface area contributed by atoms with Gasteiger partial charge in [-0.05, 0) is 49.6 Å². The van der Waals surface area contributed by atoms with Crippen molar-refractivity contribution in [1.29, 1.82) is 0 Å². The molecular weight excluding hydrogens is 395 g/mol. The number of nitrogens with two attached hydrogens (primary N) is 1. The van der Waals surface area contributed by atoms with Crippen LogP contribution in [-0.4, -0.2) is 45.3 Å². The van der Waals surface area contributed by atoms with E-state index in [1.807, 2.05) is 24.0 Å². The third-order valence-corrected chi connectivity index (χ3v) is 6.44. The summed E-state index contributed by atoms with van der Waals surface area (Å²) in [5.41, 5.74) is 10.2. The van der Waals surface area contributed by atoms with Gasteiger partial charge in [0.05, 0.1) is 5.69 Å².